The van der Waals surface area contributed by atoms with Crippen LogP contribution in [0.2, 0.25) is 0 Å². The van der Waals surface area contributed by atoms with E-state index in [0.717, 1.165) is 31.4 Å². The maximum absolute atomic E-state index is 12.7. The van der Waals surface area contributed by atoms with E-state index in [1.165, 1.54) is 0 Å². The van der Waals surface area contributed by atoms with Crippen molar-refractivity contribution < 1.29 is 9.09 Å². The molecule has 1 N–H and O–H groups in total. The Hall–Kier alpha value is -0.790. The predicted octanol–water partition coefficient (Wildman–Crippen LogP) is 4.91. The van der Waals surface area contributed by atoms with E-state index in [9.17, 15) is 4.57 Å². The first-order chi connectivity index (χ1) is 8.70. The Morgan fingerprint density at radius 1 is 1.11 bits per heavy atom. The molecule has 0 aliphatic heterocycles. The Morgan fingerprint density at radius 3 is 2.39 bits per heavy atom. The first-order valence-corrected chi connectivity index (χ1v) is 8.58. The first-order valence-electron chi connectivity index (χ1n) is 6.77. The molecule has 0 saturated carbocycles. The third-order valence-corrected chi connectivity index (χ3v) is 4.78. The number of hydrogen-bond acceptors (Lipinski definition) is 2. The summed E-state index contributed by atoms with van der Waals surface area (Å²) < 4.78 is 18.3. The standard InChI is InChI=1S/C14H24NO2P/c1-3-5-12-17-18(16,13-6-4-2)15-14-10-8-7-9-11-14/h7-11H,3-6,12-13H2,1-2H3,(H,15,16). The van der Waals surface area contributed by atoms with Gasteiger partial charge in [0.1, 0.15) is 0 Å². The van der Waals surface area contributed by atoms with Crippen molar-refractivity contribution in [3.05, 3.63) is 30.3 Å². The molecule has 1 atom stereocenters. The Balaban J connectivity index is 2.61. The minimum atomic E-state index is -2.74. The van der Waals surface area contributed by atoms with Crippen molar-refractivity contribution in [3.8, 4) is 0 Å². The van der Waals surface area contributed by atoms with E-state index in [1.54, 1.807) is 0 Å². The lowest BCUT2D eigenvalue weighted by Crippen LogP contribution is -2.06. The van der Waals surface area contributed by atoms with Crippen LogP contribution in [0.5, 0.6) is 0 Å². The normalized spacial score (nSPS) is 14.1. The topological polar surface area (TPSA) is 38.3 Å². The molecule has 0 aliphatic rings. The molecule has 0 aromatic heterocycles. The maximum Gasteiger partial charge on any atom is 0.293 e. The summed E-state index contributed by atoms with van der Waals surface area (Å²) in [7, 11) is -2.74. The SMILES string of the molecule is CCCCOP(=O)(CCCC)Nc1ccccc1. The van der Waals surface area contributed by atoms with Gasteiger partial charge >= 0.3 is 0 Å². The summed E-state index contributed by atoms with van der Waals surface area (Å²) in [6.07, 6.45) is 4.55. The molecule has 0 spiro atoms. The molecule has 0 amide bonds. The molecule has 0 aliphatic carbocycles. The molecule has 1 aromatic carbocycles. The lowest BCUT2D eigenvalue weighted by Gasteiger charge is -2.20. The van der Waals surface area contributed by atoms with E-state index in [1.807, 2.05) is 30.3 Å². The summed E-state index contributed by atoms with van der Waals surface area (Å²) in [6, 6.07) is 9.64. The summed E-state index contributed by atoms with van der Waals surface area (Å²) in [5.41, 5.74) is 0.869. The number of nitrogens with one attached hydrogen (secondary N) is 1. The minimum Gasteiger partial charge on any atom is -0.315 e. The minimum absolute atomic E-state index is 0.567. The molecule has 0 fully saturated rings. The summed E-state index contributed by atoms with van der Waals surface area (Å²) in [5.74, 6) is 0. The van der Waals surface area contributed by atoms with Gasteiger partial charge in [0.05, 0.1) is 6.61 Å². The van der Waals surface area contributed by atoms with Crippen molar-refractivity contribution in [3.63, 3.8) is 0 Å². The van der Waals surface area contributed by atoms with Crippen molar-refractivity contribution in [2.24, 2.45) is 0 Å². The van der Waals surface area contributed by atoms with Gasteiger partial charge in [-0.1, -0.05) is 44.9 Å². The lowest BCUT2D eigenvalue weighted by atomic mass is 10.3. The van der Waals surface area contributed by atoms with Crippen LogP contribution in [0.4, 0.5) is 5.69 Å². The lowest BCUT2D eigenvalue weighted by molar-refractivity contribution is 0.308. The van der Waals surface area contributed by atoms with Crippen molar-refractivity contribution >= 4 is 13.2 Å². The van der Waals surface area contributed by atoms with Gasteiger partial charge in [-0.05, 0) is 25.0 Å². The molecule has 3 nitrogen and oxygen atoms in total. The van der Waals surface area contributed by atoms with Gasteiger partial charge in [-0.15, -0.1) is 0 Å². The van der Waals surface area contributed by atoms with Gasteiger partial charge in [0.15, 0.2) is 0 Å². The van der Waals surface area contributed by atoms with Gasteiger partial charge in [-0.2, -0.15) is 0 Å². The quantitative estimate of drug-likeness (QED) is 0.511. The molecule has 18 heavy (non-hydrogen) atoms. The molecule has 0 heterocycles. The number of para-hydroxylation sites is 1. The summed E-state index contributed by atoms with van der Waals surface area (Å²) in [5, 5.41) is 3.08. The van der Waals surface area contributed by atoms with Crippen molar-refractivity contribution in [2.75, 3.05) is 17.9 Å². The highest BCUT2D eigenvalue weighted by Crippen LogP contribution is 2.47. The van der Waals surface area contributed by atoms with Crippen molar-refractivity contribution in [2.45, 2.75) is 39.5 Å². The van der Waals surface area contributed by atoms with Gasteiger partial charge in [0, 0.05) is 11.8 Å². The highest BCUT2D eigenvalue weighted by Gasteiger charge is 2.22. The van der Waals surface area contributed by atoms with E-state index in [2.05, 4.69) is 18.9 Å². The molecular formula is C14H24NO2P. The molecular weight excluding hydrogens is 245 g/mol. The highest BCUT2D eigenvalue weighted by molar-refractivity contribution is 7.60. The Bertz CT molecular complexity index is 367. The van der Waals surface area contributed by atoms with Crippen LogP contribution in [0.25, 0.3) is 0 Å². The molecule has 0 saturated heterocycles. The third kappa shape index (κ3) is 5.70. The van der Waals surface area contributed by atoms with Crippen LogP contribution < -0.4 is 5.09 Å². The first kappa shape index (κ1) is 15.3. The molecule has 102 valence electrons. The third-order valence-electron chi connectivity index (χ3n) is 2.68. The number of anilines is 1. The van der Waals surface area contributed by atoms with E-state index >= 15 is 0 Å². The molecule has 4 heteroatoms. The zero-order chi connectivity index (χ0) is 13.3. The van der Waals surface area contributed by atoms with Gasteiger partial charge in [0.25, 0.3) is 7.52 Å². The van der Waals surface area contributed by atoms with Crippen LogP contribution in [-0.2, 0) is 9.09 Å². The zero-order valence-corrected chi connectivity index (χ0v) is 12.3. The highest BCUT2D eigenvalue weighted by atomic mass is 31.2. The summed E-state index contributed by atoms with van der Waals surface area (Å²) in [6.45, 7) is 4.77. The summed E-state index contributed by atoms with van der Waals surface area (Å²) >= 11 is 0. The predicted molar refractivity (Wildman–Crippen MR) is 78.3 cm³/mol. The second-order valence-electron chi connectivity index (χ2n) is 4.42. The second kappa shape index (κ2) is 8.34. The van der Waals surface area contributed by atoms with Crippen molar-refractivity contribution in [1.82, 2.24) is 0 Å². The fraction of sp³-hybridized carbons (Fsp3) is 0.571. The fourth-order valence-electron chi connectivity index (χ4n) is 1.58. The Morgan fingerprint density at radius 2 is 1.78 bits per heavy atom. The Labute approximate surface area is 110 Å². The number of hydrogen-bond donors (Lipinski definition) is 1. The van der Waals surface area contributed by atoms with Crippen LogP contribution in [0.1, 0.15) is 39.5 Å². The van der Waals surface area contributed by atoms with Crippen molar-refractivity contribution in [1.29, 1.82) is 0 Å². The van der Waals surface area contributed by atoms with Crippen LogP contribution >= 0.6 is 7.52 Å². The molecule has 0 radical (unpaired) electrons. The number of rotatable bonds is 9. The summed E-state index contributed by atoms with van der Waals surface area (Å²) in [4.78, 5) is 0. The van der Waals surface area contributed by atoms with Gasteiger partial charge < -0.3 is 9.61 Å². The fourth-order valence-corrected chi connectivity index (χ4v) is 3.59. The van der Waals surface area contributed by atoms with E-state index in [4.69, 9.17) is 4.52 Å². The van der Waals surface area contributed by atoms with E-state index < -0.39 is 7.52 Å². The second-order valence-corrected chi connectivity index (χ2v) is 6.69. The Kier molecular flexibility index (Phi) is 7.07. The zero-order valence-electron chi connectivity index (χ0n) is 11.4. The van der Waals surface area contributed by atoms with Crippen LogP contribution in [0.3, 0.4) is 0 Å². The molecule has 1 rings (SSSR count). The number of unbranched alkanes of at least 4 members (excludes halogenated alkanes) is 2. The monoisotopic (exact) mass is 269 g/mol. The van der Waals surface area contributed by atoms with E-state index in [0.29, 0.717) is 12.8 Å². The van der Waals surface area contributed by atoms with Gasteiger partial charge in [-0.3, -0.25) is 4.57 Å². The van der Waals surface area contributed by atoms with Crippen LogP contribution in [0, 0.1) is 0 Å². The largest absolute Gasteiger partial charge is 0.315 e. The van der Waals surface area contributed by atoms with E-state index in [-0.39, 0.29) is 0 Å². The molecule has 0 bridgehead atoms. The maximum atomic E-state index is 12.7. The molecule has 1 aromatic rings. The van der Waals surface area contributed by atoms with Crippen LogP contribution in [0.15, 0.2) is 30.3 Å². The van der Waals surface area contributed by atoms with Gasteiger partial charge in [-0.25, -0.2) is 0 Å². The molecule has 1 unspecified atom stereocenters. The number of benzene rings is 1. The smallest absolute Gasteiger partial charge is 0.293 e. The van der Waals surface area contributed by atoms with Crippen LogP contribution in [-0.4, -0.2) is 12.8 Å². The average Bonchev–Trinajstić information content (AvgIpc) is 2.38. The van der Waals surface area contributed by atoms with Gasteiger partial charge in [0.2, 0.25) is 0 Å². The average molecular weight is 269 g/mol.